The molecule has 1 aliphatic rings. The van der Waals surface area contributed by atoms with Gasteiger partial charge in [-0.3, -0.25) is 0 Å². The molecule has 2 atom stereocenters. The zero-order valence-corrected chi connectivity index (χ0v) is 11.5. The molecule has 5 heteroatoms. The first kappa shape index (κ1) is 13.2. The Balaban J connectivity index is 2.16. The van der Waals surface area contributed by atoms with Crippen LogP contribution in [0.15, 0.2) is 18.2 Å². The van der Waals surface area contributed by atoms with Gasteiger partial charge in [-0.1, -0.05) is 6.07 Å². The first-order valence-corrected chi connectivity index (χ1v) is 8.08. The van der Waals surface area contributed by atoms with Crippen molar-refractivity contribution in [3.05, 3.63) is 23.8 Å². The van der Waals surface area contributed by atoms with E-state index in [0.29, 0.717) is 6.42 Å². The van der Waals surface area contributed by atoms with Crippen molar-refractivity contribution >= 4 is 15.5 Å². The van der Waals surface area contributed by atoms with Crippen LogP contribution in [0.3, 0.4) is 0 Å². The van der Waals surface area contributed by atoms with Gasteiger partial charge in [0.1, 0.15) is 5.75 Å². The number of aryl methyl sites for hydroxylation is 1. The Morgan fingerprint density at radius 3 is 2.67 bits per heavy atom. The lowest BCUT2D eigenvalue weighted by Gasteiger charge is -2.21. The Kier molecular flexibility index (Phi) is 3.52. The molecular weight excluding hydrogens is 250 g/mol. The van der Waals surface area contributed by atoms with Crippen LogP contribution in [0.25, 0.3) is 0 Å². The molecule has 2 rings (SSSR count). The molecule has 0 saturated heterocycles. The zero-order chi connectivity index (χ0) is 13.3. The van der Waals surface area contributed by atoms with Gasteiger partial charge in [0.2, 0.25) is 0 Å². The molecule has 1 aromatic rings. The van der Waals surface area contributed by atoms with Gasteiger partial charge in [-0.2, -0.15) is 0 Å². The van der Waals surface area contributed by atoms with Crippen LogP contribution in [0.2, 0.25) is 0 Å². The van der Waals surface area contributed by atoms with E-state index in [1.807, 2.05) is 19.1 Å². The topological polar surface area (TPSA) is 66.4 Å². The van der Waals surface area contributed by atoms with E-state index in [4.69, 9.17) is 0 Å². The summed E-state index contributed by atoms with van der Waals surface area (Å²) in [5.74, 6) is 0.230. The first-order valence-electron chi connectivity index (χ1n) is 6.13. The highest BCUT2D eigenvalue weighted by atomic mass is 32.2. The minimum Gasteiger partial charge on any atom is -0.508 e. The molecule has 0 amide bonds. The third-order valence-electron chi connectivity index (χ3n) is 3.56. The normalized spacial score (nSPS) is 24.1. The summed E-state index contributed by atoms with van der Waals surface area (Å²) in [5, 5.41) is 12.5. The fourth-order valence-electron chi connectivity index (χ4n) is 2.52. The van der Waals surface area contributed by atoms with E-state index < -0.39 is 9.84 Å². The highest BCUT2D eigenvalue weighted by Crippen LogP contribution is 2.29. The number of benzene rings is 1. The number of nitrogens with one attached hydrogen (secondary N) is 1. The van der Waals surface area contributed by atoms with Crippen LogP contribution >= 0.6 is 0 Å². The number of rotatable bonds is 3. The molecule has 1 fully saturated rings. The number of anilines is 1. The van der Waals surface area contributed by atoms with E-state index >= 15 is 0 Å². The minimum atomic E-state index is -3.02. The maximum absolute atomic E-state index is 11.7. The molecule has 0 heterocycles. The molecule has 100 valence electrons. The summed E-state index contributed by atoms with van der Waals surface area (Å²) in [6.07, 6.45) is 3.79. The molecular formula is C13H19NO3S. The summed E-state index contributed by atoms with van der Waals surface area (Å²) in [7, 11) is -3.02. The largest absolute Gasteiger partial charge is 0.508 e. The average Bonchev–Trinajstić information content (AvgIpc) is 2.71. The monoisotopic (exact) mass is 269 g/mol. The van der Waals surface area contributed by atoms with Gasteiger partial charge in [0, 0.05) is 24.1 Å². The lowest BCUT2D eigenvalue weighted by Crippen LogP contribution is -2.34. The third kappa shape index (κ3) is 2.77. The Morgan fingerprint density at radius 1 is 1.33 bits per heavy atom. The molecule has 2 unspecified atom stereocenters. The predicted molar refractivity (Wildman–Crippen MR) is 72.7 cm³/mol. The van der Waals surface area contributed by atoms with Gasteiger partial charge in [0.05, 0.1) is 5.25 Å². The van der Waals surface area contributed by atoms with Crippen molar-refractivity contribution in [2.45, 2.75) is 37.5 Å². The molecule has 1 aliphatic carbocycles. The van der Waals surface area contributed by atoms with Crippen LogP contribution in [0.5, 0.6) is 5.75 Å². The molecule has 1 saturated carbocycles. The molecule has 1 aromatic carbocycles. The SMILES string of the molecule is Cc1ccc(NC2CCCC2S(C)(=O)=O)cc1O. The van der Waals surface area contributed by atoms with E-state index in [1.54, 1.807) is 6.07 Å². The molecule has 18 heavy (non-hydrogen) atoms. The highest BCUT2D eigenvalue weighted by Gasteiger charge is 2.34. The summed E-state index contributed by atoms with van der Waals surface area (Å²) in [4.78, 5) is 0. The number of sulfone groups is 1. The fourth-order valence-corrected chi connectivity index (χ4v) is 3.91. The van der Waals surface area contributed by atoms with Crippen LogP contribution in [0.4, 0.5) is 5.69 Å². The van der Waals surface area contributed by atoms with Gasteiger partial charge in [0.15, 0.2) is 9.84 Å². The van der Waals surface area contributed by atoms with Gasteiger partial charge < -0.3 is 10.4 Å². The summed E-state index contributed by atoms with van der Waals surface area (Å²) in [6.45, 7) is 1.83. The van der Waals surface area contributed by atoms with E-state index in [-0.39, 0.29) is 17.0 Å². The molecule has 0 spiro atoms. The van der Waals surface area contributed by atoms with Crippen molar-refractivity contribution in [3.63, 3.8) is 0 Å². The van der Waals surface area contributed by atoms with Crippen LogP contribution in [0.1, 0.15) is 24.8 Å². The number of phenols is 1. The van der Waals surface area contributed by atoms with Gasteiger partial charge in [-0.25, -0.2) is 8.42 Å². The molecule has 0 radical (unpaired) electrons. The number of phenolic OH excluding ortho intramolecular Hbond substituents is 1. The van der Waals surface area contributed by atoms with E-state index in [9.17, 15) is 13.5 Å². The minimum absolute atomic E-state index is 0.0536. The van der Waals surface area contributed by atoms with Gasteiger partial charge in [-0.15, -0.1) is 0 Å². The van der Waals surface area contributed by atoms with Crippen LogP contribution < -0.4 is 5.32 Å². The van der Waals surface area contributed by atoms with E-state index in [2.05, 4.69) is 5.32 Å². The molecule has 0 aliphatic heterocycles. The Labute approximate surface area is 108 Å². The highest BCUT2D eigenvalue weighted by molar-refractivity contribution is 7.91. The summed E-state index contributed by atoms with van der Waals surface area (Å²) in [5.41, 5.74) is 1.59. The fraction of sp³-hybridized carbons (Fsp3) is 0.538. The zero-order valence-electron chi connectivity index (χ0n) is 10.7. The van der Waals surface area contributed by atoms with Crippen molar-refractivity contribution in [1.29, 1.82) is 0 Å². The lowest BCUT2D eigenvalue weighted by atomic mass is 10.1. The lowest BCUT2D eigenvalue weighted by molar-refractivity contribution is 0.471. The molecule has 0 aromatic heterocycles. The van der Waals surface area contributed by atoms with Crippen molar-refractivity contribution < 1.29 is 13.5 Å². The van der Waals surface area contributed by atoms with Crippen LogP contribution in [-0.4, -0.2) is 31.1 Å². The summed E-state index contributed by atoms with van der Waals surface area (Å²) >= 11 is 0. The second-order valence-corrected chi connectivity index (χ2v) is 7.32. The van der Waals surface area contributed by atoms with Gasteiger partial charge in [0.25, 0.3) is 0 Å². The van der Waals surface area contributed by atoms with Crippen molar-refractivity contribution in [1.82, 2.24) is 0 Å². The molecule has 2 N–H and O–H groups in total. The second-order valence-electron chi connectivity index (χ2n) is 5.05. The van der Waals surface area contributed by atoms with Crippen molar-refractivity contribution in [2.75, 3.05) is 11.6 Å². The van der Waals surface area contributed by atoms with Crippen LogP contribution in [-0.2, 0) is 9.84 Å². The third-order valence-corrected chi connectivity index (χ3v) is 5.23. The summed E-state index contributed by atoms with van der Waals surface area (Å²) in [6, 6.07) is 5.28. The van der Waals surface area contributed by atoms with Gasteiger partial charge in [-0.05, 0) is 37.8 Å². The number of hydrogen-bond donors (Lipinski definition) is 2. The smallest absolute Gasteiger partial charge is 0.152 e. The number of hydrogen-bond acceptors (Lipinski definition) is 4. The first-order chi connectivity index (χ1) is 8.38. The summed E-state index contributed by atoms with van der Waals surface area (Å²) < 4.78 is 23.3. The second kappa shape index (κ2) is 4.80. The standard InChI is InChI=1S/C13H19NO3S/c1-9-6-7-10(8-12(9)15)14-11-4-3-5-13(11)18(2,16)17/h6-8,11,13-15H,3-5H2,1-2H3. The van der Waals surface area contributed by atoms with Crippen molar-refractivity contribution in [2.24, 2.45) is 0 Å². The maximum Gasteiger partial charge on any atom is 0.152 e. The maximum atomic E-state index is 11.7. The van der Waals surface area contributed by atoms with Crippen LogP contribution in [0, 0.1) is 6.92 Å². The quantitative estimate of drug-likeness (QED) is 0.881. The van der Waals surface area contributed by atoms with Gasteiger partial charge >= 0.3 is 0 Å². The molecule has 4 nitrogen and oxygen atoms in total. The molecule has 0 bridgehead atoms. The Morgan fingerprint density at radius 2 is 2.06 bits per heavy atom. The Bertz CT molecular complexity index is 539. The Hall–Kier alpha value is -1.23. The van der Waals surface area contributed by atoms with E-state index in [1.165, 1.54) is 6.26 Å². The average molecular weight is 269 g/mol. The van der Waals surface area contributed by atoms with E-state index in [0.717, 1.165) is 24.1 Å². The number of aromatic hydroxyl groups is 1. The predicted octanol–water partition coefficient (Wildman–Crippen LogP) is 2.08. The van der Waals surface area contributed by atoms with Crippen molar-refractivity contribution in [3.8, 4) is 5.75 Å².